The van der Waals surface area contributed by atoms with Crippen molar-refractivity contribution in [2.75, 3.05) is 6.61 Å². The highest BCUT2D eigenvalue weighted by atomic mass is 32.1. The third kappa shape index (κ3) is 2.57. The molecule has 0 bridgehead atoms. The molecule has 0 amide bonds. The van der Waals surface area contributed by atoms with Crippen LogP contribution in [0.3, 0.4) is 0 Å². The van der Waals surface area contributed by atoms with Crippen LogP contribution in [0, 0.1) is 13.8 Å². The lowest BCUT2D eigenvalue weighted by Gasteiger charge is -2.07. The number of H-pyrrole nitrogens is 1. The molecule has 3 heterocycles. The molecule has 0 radical (unpaired) electrons. The van der Waals surface area contributed by atoms with Crippen molar-refractivity contribution < 1.29 is 4.74 Å². The van der Waals surface area contributed by atoms with Crippen molar-refractivity contribution in [3.8, 4) is 17.2 Å². The molecule has 6 nitrogen and oxygen atoms in total. The van der Waals surface area contributed by atoms with Crippen LogP contribution in [0.25, 0.3) is 17.2 Å². The van der Waals surface area contributed by atoms with Crippen molar-refractivity contribution in [2.45, 2.75) is 33.8 Å². The average Bonchev–Trinajstić information content (AvgIpc) is 3.19. The van der Waals surface area contributed by atoms with E-state index in [9.17, 15) is 0 Å². The van der Waals surface area contributed by atoms with E-state index in [1.807, 2.05) is 18.4 Å². The molecule has 1 atom stereocenters. The zero-order valence-corrected chi connectivity index (χ0v) is 13.9. The van der Waals surface area contributed by atoms with E-state index in [2.05, 4.69) is 40.5 Å². The van der Waals surface area contributed by atoms with Crippen molar-refractivity contribution in [2.24, 2.45) is 0 Å². The number of hydrogen-bond acceptors (Lipinski definition) is 5. The second kappa shape index (κ2) is 6.02. The molecule has 0 saturated heterocycles. The quantitative estimate of drug-likeness (QED) is 0.782. The molecule has 0 fully saturated rings. The van der Waals surface area contributed by atoms with Crippen LogP contribution in [0.1, 0.15) is 36.3 Å². The largest absolute Gasteiger partial charge is 0.372 e. The van der Waals surface area contributed by atoms with Gasteiger partial charge in [-0.05, 0) is 33.8 Å². The second-order valence-corrected chi connectivity index (χ2v) is 5.99. The van der Waals surface area contributed by atoms with Gasteiger partial charge in [0.2, 0.25) is 5.95 Å². The maximum Gasteiger partial charge on any atom is 0.229 e. The van der Waals surface area contributed by atoms with Gasteiger partial charge >= 0.3 is 0 Å². The second-order valence-electron chi connectivity index (χ2n) is 5.10. The molecule has 3 rings (SSSR count). The average molecular weight is 317 g/mol. The van der Waals surface area contributed by atoms with Gasteiger partial charge < -0.3 is 4.74 Å². The van der Waals surface area contributed by atoms with E-state index >= 15 is 0 Å². The summed E-state index contributed by atoms with van der Waals surface area (Å²) in [6, 6.07) is 2.13. The van der Waals surface area contributed by atoms with E-state index in [4.69, 9.17) is 9.72 Å². The Balaban J connectivity index is 1.98. The number of ether oxygens (including phenoxy) is 1. The summed E-state index contributed by atoms with van der Waals surface area (Å²) in [5.41, 5.74) is 4.28. The minimum absolute atomic E-state index is 0.0292. The van der Waals surface area contributed by atoms with E-state index in [-0.39, 0.29) is 6.10 Å². The van der Waals surface area contributed by atoms with Gasteiger partial charge in [0.25, 0.3) is 0 Å². The molecule has 0 aromatic carbocycles. The maximum absolute atomic E-state index is 5.61. The smallest absolute Gasteiger partial charge is 0.229 e. The highest BCUT2D eigenvalue weighted by Gasteiger charge is 2.17. The number of aromatic nitrogens is 5. The summed E-state index contributed by atoms with van der Waals surface area (Å²) in [5.74, 6) is 0.722. The first-order valence-electron chi connectivity index (χ1n) is 7.24. The summed E-state index contributed by atoms with van der Waals surface area (Å²) < 4.78 is 7.66. The van der Waals surface area contributed by atoms with Crippen molar-refractivity contribution in [3.05, 3.63) is 34.2 Å². The fourth-order valence-electron chi connectivity index (χ4n) is 2.57. The number of aromatic amines is 1. The Morgan fingerprint density at radius 3 is 2.91 bits per heavy atom. The number of thiazole rings is 1. The van der Waals surface area contributed by atoms with Crippen molar-refractivity contribution >= 4 is 11.3 Å². The first-order valence-corrected chi connectivity index (χ1v) is 8.11. The van der Waals surface area contributed by atoms with Crippen molar-refractivity contribution in [3.63, 3.8) is 0 Å². The summed E-state index contributed by atoms with van der Waals surface area (Å²) >= 11 is 1.63. The predicted octanol–water partition coefficient (Wildman–Crippen LogP) is 3.43. The Labute approximate surface area is 133 Å². The normalized spacial score (nSPS) is 12.7. The summed E-state index contributed by atoms with van der Waals surface area (Å²) in [4.78, 5) is 8.96. The van der Waals surface area contributed by atoms with Crippen LogP contribution < -0.4 is 0 Å². The fourth-order valence-corrected chi connectivity index (χ4v) is 3.40. The van der Waals surface area contributed by atoms with Gasteiger partial charge in [0.1, 0.15) is 17.4 Å². The van der Waals surface area contributed by atoms with Crippen LogP contribution in [0.15, 0.2) is 17.8 Å². The molecule has 0 aliphatic rings. The third-order valence-corrected chi connectivity index (χ3v) is 4.61. The summed E-state index contributed by atoms with van der Waals surface area (Å²) in [7, 11) is 0. The van der Waals surface area contributed by atoms with Crippen molar-refractivity contribution in [1.29, 1.82) is 0 Å². The monoisotopic (exact) mass is 317 g/mol. The highest BCUT2D eigenvalue weighted by molar-refractivity contribution is 7.10. The fraction of sp³-hybridized carbons (Fsp3) is 0.400. The summed E-state index contributed by atoms with van der Waals surface area (Å²) in [6.45, 7) is 8.83. The summed E-state index contributed by atoms with van der Waals surface area (Å²) in [6.07, 6.45) is 1.54. The van der Waals surface area contributed by atoms with Gasteiger partial charge in [-0.15, -0.1) is 11.3 Å². The predicted molar refractivity (Wildman–Crippen MR) is 86.3 cm³/mol. The third-order valence-electron chi connectivity index (χ3n) is 3.61. The number of rotatable bonds is 5. The van der Waals surface area contributed by atoms with E-state index < -0.39 is 0 Å². The van der Waals surface area contributed by atoms with Gasteiger partial charge in [-0.2, -0.15) is 10.1 Å². The lowest BCUT2D eigenvalue weighted by atomic mass is 10.2. The van der Waals surface area contributed by atoms with E-state index in [0.717, 1.165) is 33.6 Å². The van der Waals surface area contributed by atoms with E-state index in [0.29, 0.717) is 6.61 Å². The van der Waals surface area contributed by atoms with Gasteiger partial charge in [-0.1, -0.05) is 0 Å². The van der Waals surface area contributed by atoms with E-state index in [1.165, 1.54) is 6.33 Å². The van der Waals surface area contributed by atoms with Gasteiger partial charge in [-0.3, -0.25) is 4.57 Å². The molecule has 0 aliphatic heterocycles. The highest BCUT2D eigenvalue weighted by Crippen LogP contribution is 2.31. The van der Waals surface area contributed by atoms with Crippen LogP contribution in [-0.4, -0.2) is 31.3 Å². The molecule has 116 valence electrons. The molecule has 0 aliphatic carbocycles. The van der Waals surface area contributed by atoms with Gasteiger partial charge in [0.05, 0.1) is 5.69 Å². The van der Waals surface area contributed by atoms with Crippen LogP contribution in [0.2, 0.25) is 0 Å². The van der Waals surface area contributed by atoms with Crippen LogP contribution in [0.5, 0.6) is 0 Å². The lowest BCUT2D eigenvalue weighted by molar-refractivity contribution is 0.0762. The minimum Gasteiger partial charge on any atom is -0.372 e. The molecule has 0 spiro atoms. The Hall–Kier alpha value is -1.99. The van der Waals surface area contributed by atoms with Crippen molar-refractivity contribution in [1.82, 2.24) is 24.7 Å². The first-order chi connectivity index (χ1) is 10.6. The minimum atomic E-state index is 0.0292. The topological polar surface area (TPSA) is 68.6 Å². The van der Waals surface area contributed by atoms with Crippen LogP contribution >= 0.6 is 11.3 Å². The Bertz CT molecular complexity index is 759. The number of nitrogens with one attached hydrogen (secondary N) is 1. The van der Waals surface area contributed by atoms with Crippen LogP contribution in [-0.2, 0) is 4.74 Å². The molecular weight excluding hydrogens is 298 g/mol. The molecule has 22 heavy (non-hydrogen) atoms. The molecule has 7 heteroatoms. The maximum atomic E-state index is 5.61. The SMILES string of the molecule is CCO[C@H](C)c1nc(-c2cc(C)n(-c3ncn[nH]3)c2C)cs1. The Morgan fingerprint density at radius 2 is 2.23 bits per heavy atom. The summed E-state index contributed by atoms with van der Waals surface area (Å²) in [5, 5.41) is 9.91. The zero-order valence-electron chi connectivity index (χ0n) is 13.1. The molecular formula is C15H19N5OS. The van der Waals surface area contributed by atoms with E-state index in [1.54, 1.807) is 11.3 Å². The standard InChI is InChI=1S/C15H19N5OS/c1-5-21-11(4)14-18-13(7-22-14)12-6-9(2)20(10(12)3)15-16-8-17-19-15/h6-8,11H,5H2,1-4H3,(H,16,17,19)/t11-/m1/s1. The first kappa shape index (κ1) is 14.9. The van der Waals surface area contributed by atoms with Gasteiger partial charge in [-0.25, -0.2) is 10.1 Å². The lowest BCUT2D eigenvalue weighted by Crippen LogP contribution is -2.01. The Kier molecular flexibility index (Phi) is 4.08. The van der Waals surface area contributed by atoms with Gasteiger partial charge in [0, 0.05) is 28.9 Å². The molecule has 0 saturated carbocycles. The number of hydrogen-bond donors (Lipinski definition) is 1. The number of nitrogens with zero attached hydrogens (tertiary/aromatic N) is 4. The molecule has 1 N–H and O–H groups in total. The van der Waals surface area contributed by atoms with Crippen LogP contribution in [0.4, 0.5) is 0 Å². The molecule has 3 aromatic rings. The molecule has 0 unspecified atom stereocenters. The number of aryl methyl sites for hydroxylation is 1. The Morgan fingerprint density at radius 1 is 1.41 bits per heavy atom. The zero-order chi connectivity index (χ0) is 15.7. The molecule has 3 aromatic heterocycles. The van der Waals surface area contributed by atoms with Gasteiger partial charge in [0.15, 0.2) is 0 Å².